The normalized spacial score (nSPS) is 10.4. The number of halogens is 1. The van der Waals surface area contributed by atoms with Gasteiger partial charge in [-0.15, -0.1) is 17.9 Å². The third-order valence-electron chi connectivity index (χ3n) is 3.13. The second-order valence-electron chi connectivity index (χ2n) is 4.88. The Bertz CT molecular complexity index is 596. The molecule has 2 aromatic rings. The van der Waals surface area contributed by atoms with Crippen molar-refractivity contribution in [3.8, 4) is 0 Å². The maximum absolute atomic E-state index is 13.0. The minimum Gasteiger partial charge on any atom is -0.332 e. The first kappa shape index (κ1) is 16.4. The highest BCUT2D eigenvalue weighted by molar-refractivity contribution is 7.09. The van der Waals surface area contributed by atoms with E-state index in [2.05, 4.69) is 11.9 Å². The molecule has 0 radical (unpaired) electrons. The Morgan fingerprint density at radius 2 is 2.05 bits per heavy atom. The van der Waals surface area contributed by atoms with Crippen molar-refractivity contribution in [3.05, 3.63) is 70.7 Å². The van der Waals surface area contributed by atoms with Crippen molar-refractivity contribution in [1.82, 2.24) is 10.2 Å². The summed E-state index contributed by atoms with van der Waals surface area (Å²) in [5.41, 5.74) is 0.912. The number of rotatable bonds is 8. The summed E-state index contributed by atoms with van der Waals surface area (Å²) in [5.74, 6) is -0.257. The zero-order valence-electron chi connectivity index (χ0n) is 12.3. The monoisotopic (exact) mass is 318 g/mol. The van der Waals surface area contributed by atoms with E-state index in [0.717, 1.165) is 10.4 Å². The smallest absolute Gasteiger partial charge is 0.237 e. The molecule has 2 rings (SSSR count). The van der Waals surface area contributed by atoms with Gasteiger partial charge in [-0.1, -0.05) is 24.3 Å². The summed E-state index contributed by atoms with van der Waals surface area (Å²) in [4.78, 5) is 15.3. The largest absolute Gasteiger partial charge is 0.332 e. The molecule has 1 amide bonds. The van der Waals surface area contributed by atoms with Crippen LogP contribution in [0.5, 0.6) is 0 Å². The van der Waals surface area contributed by atoms with Crippen LogP contribution in [-0.4, -0.2) is 23.9 Å². The SMILES string of the molecule is C=CCNCC(=O)N(Cc1ccc(F)cc1)Cc1cccs1. The van der Waals surface area contributed by atoms with Crippen LogP contribution in [0, 0.1) is 5.82 Å². The lowest BCUT2D eigenvalue weighted by Gasteiger charge is -2.22. The van der Waals surface area contributed by atoms with E-state index in [1.807, 2.05) is 17.5 Å². The topological polar surface area (TPSA) is 32.3 Å². The summed E-state index contributed by atoms with van der Waals surface area (Å²) in [6.45, 7) is 5.50. The van der Waals surface area contributed by atoms with Crippen LogP contribution in [0.4, 0.5) is 4.39 Å². The summed E-state index contributed by atoms with van der Waals surface area (Å²) in [6.07, 6.45) is 1.72. The van der Waals surface area contributed by atoms with E-state index < -0.39 is 0 Å². The Morgan fingerprint density at radius 3 is 2.68 bits per heavy atom. The minimum absolute atomic E-state index is 0.0135. The molecule has 116 valence electrons. The molecular weight excluding hydrogens is 299 g/mol. The summed E-state index contributed by atoms with van der Waals surface area (Å²) in [6, 6.07) is 10.2. The minimum atomic E-state index is -0.271. The second-order valence-corrected chi connectivity index (χ2v) is 5.91. The van der Waals surface area contributed by atoms with E-state index in [1.54, 1.807) is 34.4 Å². The highest BCUT2D eigenvalue weighted by Crippen LogP contribution is 2.15. The molecule has 0 atom stereocenters. The fourth-order valence-corrected chi connectivity index (χ4v) is 2.75. The maximum atomic E-state index is 13.0. The highest BCUT2D eigenvalue weighted by Gasteiger charge is 2.14. The summed E-state index contributed by atoms with van der Waals surface area (Å²) in [5, 5.41) is 5.02. The molecule has 22 heavy (non-hydrogen) atoms. The number of carbonyl (C=O) groups excluding carboxylic acids is 1. The average Bonchev–Trinajstić information content (AvgIpc) is 3.02. The number of nitrogens with zero attached hydrogens (tertiary/aromatic N) is 1. The molecule has 0 bridgehead atoms. The van der Waals surface area contributed by atoms with Gasteiger partial charge in [-0.05, 0) is 29.1 Å². The van der Waals surface area contributed by atoms with Crippen molar-refractivity contribution in [2.75, 3.05) is 13.1 Å². The van der Waals surface area contributed by atoms with Crippen LogP contribution in [0.15, 0.2) is 54.4 Å². The van der Waals surface area contributed by atoms with Crippen molar-refractivity contribution in [2.24, 2.45) is 0 Å². The highest BCUT2D eigenvalue weighted by atomic mass is 32.1. The molecule has 1 aromatic heterocycles. The first-order valence-corrected chi connectivity index (χ1v) is 7.93. The number of amides is 1. The van der Waals surface area contributed by atoms with Crippen LogP contribution in [-0.2, 0) is 17.9 Å². The Balaban J connectivity index is 2.04. The lowest BCUT2D eigenvalue weighted by atomic mass is 10.2. The first-order chi connectivity index (χ1) is 10.7. The van der Waals surface area contributed by atoms with Gasteiger partial charge in [0.15, 0.2) is 0 Å². The van der Waals surface area contributed by atoms with Gasteiger partial charge in [-0.25, -0.2) is 4.39 Å². The lowest BCUT2D eigenvalue weighted by Crippen LogP contribution is -2.37. The van der Waals surface area contributed by atoms with Gasteiger partial charge in [0.05, 0.1) is 13.1 Å². The molecule has 0 saturated carbocycles. The third-order valence-corrected chi connectivity index (χ3v) is 3.99. The molecule has 0 spiro atoms. The number of benzene rings is 1. The lowest BCUT2D eigenvalue weighted by molar-refractivity contribution is -0.131. The predicted molar refractivity (Wildman–Crippen MR) is 88.0 cm³/mol. The first-order valence-electron chi connectivity index (χ1n) is 7.05. The maximum Gasteiger partial charge on any atom is 0.237 e. The molecule has 0 unspecified atom stereocenters. The fraction of sp³-hybridized carbons (Fsp3) is 0.235. The molecule has 0 aliphatic rings. The quantitative estimate of drug-likeness (QED) is 0.599. The van der Waals surface area contributed by atoms with Gasteiger partial charge in [0.1, 0.15) is 5.82 Å². The van der Waals surface area contributed by atoms with Crippen molar-refractivity contribution in [1.29, 1.82) is 0 Å². The fourth-order valence-electron chi connectivity index (χ4n) is 2.03. The van der Waals surface area contributed by atoms with Crippen LogP contribution in [0.1, 0.15) is 10.4 Å². The van der Waals surface area contributed by atoms with Gasteiger partial charge in [-0.2, -0.15) is 0 Å². The number of hydrogen-bond acceptors (Lipinski definition) is 3. The van der Waals surface area contributed by atoms with E-state index in [0.29, 0.717) is 19.6 Å². The summed E-state index contributed by atoms with van der Waals surface area (Å²) in [7, 11) is 0. The van der Waals surface area contributed by atoms with Crippen molar-refractivity contribution in [2.45, 2.75) is 13.1 Å². The predicted octanol–water partition coefficient (Wildman–Crippen LogP) is 3.19. The van der Waals surface area contributed by atoms with Gasteiger partial charge in [0, 0.05) is 18.0 Å². The molecule has 0 aliphatic heterocycles. The molecule has 1 N–H and O–H groups in total. The van der Waals surface area contributed by atoms with Crippen molar-refractivity contribution >= 4 is 17.2 Å². The number of carbonyl (C=O) groups is 1. The van der Waals surface area contributed by atoms with Gasteiger partial charge < -0.3 is 10.2 Å². The van der Waals surface area contributed by atoms with Gasteiger partial charge in [-0.3, -0.25) is 4.79 Å². The van der Waals surface area contributed by atoms with Crippen LogP contribution in [0.25, 0.3) is 0 Å². The molecule has 5 heteroatoms. The second kappa shape index (κ2) is 8.46. The third kappa shape index (κ3) is 5.09. The zero-order valence-corrected chi connectivity index (χ0v) is 13.1. The van der Waals surface area contributed by atoms with E-state index in [9.17, 15) is 9.18 Å². The molecule has 1 aromatic carbocycles. The molecule has 0 saturated heterocycles. The van der Waals surface area contributed by atoms with Gasteiger partial charge in [0.25, 0.3) is 0 Å². The Kier molecular flexibility index (Phi) is 6.30. The molecule has 0 aliphatic carbocycles. The van der Waals surface area contributed by atoms with Crippen LogP contribution >= 0.6 is 11.3 Å². The van der Waals surface area contributed by atoms with E-state index in [1.165, 1.54) is 12.1 Å². The van der Waals surface area contributed by atoms with Crippen LogP contribution in [0.3, 0.4) is 0 Å². The van der Waals surface area contributed by atoms with E-state index >= 15 is 0 Å². The zero-order chi connectivity index (χ0) is 15.8. The van der Waals surface area contributed by atoms with Crippen LogP contribution in [0.2, 0.25) is 0 Å². The Morgan fingerprint density at radius 1 is 1.27 bits per heavy atom. The van der Waals surface area contributed by atoms with E-state index in [-0.39, 0.29) is 18.3 Å². The Hall–Kier alpha value is -1.98. The summed E-state index contributed by atoms with van der Waals surface area (Å²) >= 11 is 1.62. The number of nitrogens with one attached hydrogen (secondary N) is 1. The number of hydrogen-bond donors (Lipinski definition) is 1. The van der Waals surface area contributed by atoms with Crippen molar-refractivity contribution < 1.29 is 9.18 Å². The average molecular weight is 318 g/mol. The molecular formula is C17H19FN2OS. The number of thiophene rings is 1. The molecule has 1 heterocycles. The molecule has 3 nitrogen and oxygen atoms in total. The van der Waals surface area contributed by atoms with Gasteiger partial charge in [0.2, 0.25) is 5.91 Å². The Labute approximate surface area is 134 Å². The standard InChI is InChI=1S/C17H19FN2OS/c1-2-9-19-11-17(21)20(13-16-4-3-10-22-16)12-14-5-7-15(18)8-6-14/h2-8,10,19H,1,9,11-13H2. The summed E-state index contributed by atoms with van der Waals surface area (Å²) < 4.78 is 13.0. The van der Waals surface area contributed by atoms with E-state index in [4.69, 9.17) is 0 Å². The van der Waals surface area contributed by atoms with Crippen molar-refractivity contribution in [3.63, 3.8) is 0 Å². The van der Waals surface area contributed by atoms with Gasteiger partial charge >= 0.3 is 0 Å². The molecule has 0 fully saturated rings. The van der Waals surface area contributed by atoms with Crippen LogP contribution < -0.4 is 5.32 Å².